The van der Waals surface area contributed by atoms with E-state index in [1.165, 1.54) is 141 Å². The second-order valence-electron chi connectivity index (χ2n) is 20.1. The van der Waals surface area contributed by atoms with Gasteiger partial charge in [-0.1, -0.05) is 204 Å². The van der Waals surface area contributed by atoms with Crippen molar-refractivity contribution in [2.45, 2.75) is 293 Å². The zero-order valence-corrected chi connectivity index (χ0v) is 43.8. The first-order chi connectivity index (χ1) is 34.1. The minimum Gasteiger partial charge on any atom is -0.394 e. The molecule has 2 saturated heterocycles. The predicted molar refractivity (Wildman–Crippen MR) is 277 cm³/mol. The first-order valence-corrected chi connectivity index (χ1v) is 28.2. The van der Waals surface area contributed by atoms with Crippen molar-refractivity contribution in [3.8, 4) is 0 Å². The summed E-state index contributed by atoms with van der Waals surface area (Å²) in [6.07, 6.45) is 33.3. The number of rotatable bonds is 44. The molecule has 1 amide bonds. The molecule has 2 rings (SSSR count). The van der Waals surface area contributed by atoms with E-state index >= 15 is 0 Å². The Morgan fingerprint density at radius 2 is 0.914 bits per heavy atom. The van der Waals surface area contributed by atoms with Gasteiger partial charge in [0.25, 0.3) is 0 Å². The van der Waals surface area contributed by atoms with E-state index in [-0.39, 0.29) is 18.9 Å². The molecule has 0 aromatic carbocycles. The quantitative estimate of drug-likeness (QED) is 0.0206. The maximum atomic E-state index is 13.2. The van der Waals surface area contributed by atoms with Crippen LogP contribution in [-0.2, 0) is 23.7 Å². The number of hydrogen-bond donors (Lipinski definition) is 9. The first kappa shape index (κ1) is 64.3. The highest BCUT2D eigenvalue weighted by Crippen LogP contribution is 2.30. The minimum atomic E-state index is -1.79. The summed E-state index contributed by atoms with van der Waals surface area (Å²) in [5, 5.41) is 86.9. The Balaban J connectivity index is 1.80. The Kier molecular flexibility index (Phi) is 39.1. The van der Waals surface area contributed by atoms with Gasteiger partial charge in [0, 0.05) is 6.42 Å². The molecular formula is C56H103NO13. The third kappa shape index (κ3) is 28.6. The van der Waals surface area contributed by atoms with Crippen LogP contribution in [-0.4, -0.2) is 140 Å². The molecule has 14 nitrogen and oxygen atoms in total. The summed E-state index contributed by atoms with van der Waals surface area (Å²) in [7, 11) is 0. The molecule has 12 unspecified atom stereocenters. The van der Waals surface area contributed by atoms with Gasteiger partial charge in [-0.3, -0.25) is 4.79 Å². The normalized spacial score (nSPS) is 26.2. The molecule has 12 atom stereocenters. The number of unbranched alkanes of at least 4 members (excludes halogenated alkanes) is 27. The van der Waals surface area contributed by atoms with E-state index in [0.717, 1.165) is 44.9 Å². The highest BCUT2D eigenvalue weighted by molar-refractivity contribution is 5.76. The Morgan fingerprint density at radius 3 is 1.40 bits per heavy atom. The summed E-state index contributed by atoms with van der Waals surface area (Å²) in [5.74, 6) is -0.251. The fraction of sp³-hybridized carbons (Fsp3) is 0.875. The number of amides is 1. The average molecular weight is 998 g/mol. The largest absolute Gasteiger partial charge is 0.394 e. The topological polar surface area (TPSA) is 228 Å². The number of aliphatic hydroxyl groups excluding tert-OH is 8. The van der Waals surface area contributed by atoms with Crippen molar-refractivity contribution in [3.63, 3.8) is 0 Å². The SMILES string of the molecule is CCCCCCC/C=C/CC/C=C/CC/C=C/C(O)C(COC1OC(CO)C(OC2OC(CO)C(O)C(O)C2O)C(O)C1O)NC(=O)CCCCCCCCCCCCCCCCCCCCCCC. The van der Waals surface area contributed by atoms with Crippen molar-refractivity contribution < 1.29 is 64.6 Å². The molecule has 0 bridgehead atoms. The molecule has 0 aliphatic carbocycles. The van der Waals surface area contributed by atoms with Crippen LogP contribution < -0.4 is 5.32 Å². The van der Waals surface area contributed by atoms with Crippen LogP contribution >= 0.6 is 0 Å². The lowest BCUT2D eigenvalue weighted by Crippen LogP contribution is -2.65. The molecule has 2 fully saturated rings. The van der Waals surface area contributed by atoms with Gasteiger partial charge in [-0.2, -0.15) is 0 Å². The lowest BCUT2D eigenvalue weighted by molar-refractivity contribution is -0.359. The lowest BCUT2D eigenvalue weighted by Gasteiger charge is -2.46. The lowest BCUT2D eigenvalue weighted by atomic mass is 9.97. The number of allylic oxidation sites excluding steroid dienone is 5. The number of aliphatic hydroxyl groups is 8. The van der Waals surface area contributed by atoms with Crippen molar-refractivity contribution in [1.29, 1.82) is 0 Å². The van der Waals surface area contributed by atoms with Gasteiger partial charge < -0.3 is 65.1 Å². The fourth-order valence-corrected chi connectivity index (χ4v) is 9.21. The standard InChI is InChI=1S/C56H103NO13/c1-3-5-7-9-11-13-15-17-19-20-21-22-23-24-26-28-30-32-34-36-38-40-48(61)57-44(45(60)39-37-35-33-31-29-27-25-18-16-14-12-10-8-6-4-2)43-67-55-53(66)51(64)54(47(42-59)69-55)70-56-52(65)50(63)49(62)46(41-58)68-56/h16,18,29,31,37,39,44-47,49-56,58-60,62-66H,3-15,17,19-28,30,32-36,38,40-43H2,1-2H3,(H,57,61)/b18-16+,31-29+,39-37+. The van der Waals surface area contributed by atoms with E-state index in [1.54, 1.807) is 6.08 Å². The molecule has 14 heteroatoms. The Hall–Kier alpha value is -1.79. The summed E-state index contributed by atoms with van der Waals surface area (Å²) in [6, 6.07) is -0.934. The fourth-order valence-electron chi connectivity index (χ4n) is 9.21. The van der Waals surface area contributed by atoms with E-state index < -0.39 is 86.8 Å². The van der Waals surface area contributed by atoms with Gasteiger partial charge in [0.05, 0.1) is 32.0 Å². The summed E-state index contributed by atoms with van der Waals surface area (Å²) in [4.78, 5) is 13.2. The van der Waals surface area contributed by atoms with Crippen molar-refractivity contribution in [2.24, 2.45) is 0 Å². The zero-order chi connectivity index (χ0) is 51.0. The van der Waals surface area contributed by atoms with Crippen LogP contribution in [0, 0.1) is 0 Å². The molecule has 70 heavy (non-hydrogen) atoms. The number of ether oxygens (including phenoxy) is 4. The number of carbonyl (C=O) groups excluding carboxylic acids is 1. The van der Waals surface area contributed by atoms with E-state index in [1.807, 2.05) is 6.08 Å². The van der Waals surface area contributed by atoms with Crippen LogP contribution in [0.25, 0.3) is 0 Å². The van der Waals surface area contributed by atoms with E-state index in [4.69, 9.17) is 18.9 Å². The number of nitrogens with one attached hydrogen (secondary N) is 1. The second kappa shape index (κ2) is 42.6. The number of hydrogen-bond acceptors (Lipinski definition) is 13. The molecule has 0 aromatic heterocycles. The first-order valence-electron chi connectivity index (χ1n) is 28.2. The molecule has 2 aliphatic rings. The third-order valence-electron chi connectivity index (χ3n) is 13.8. The Labute approximate surface area is 423 Å². The van der Waals surface area contributed by atoms with Crippen LogP contribution in [0.2, 0.25) is 0 Å². The third-order valence-corrected chi connectivity index (χ3v) is 13.8. The van der Waals surface area contributed by atoms with Crippen LogP contribution in [0.5, 0.6) is 0 Å². The van der Waals surface area contributed by atoms with Gasteiger partial charge in [-0.15, -0.1) is 0 Å². The molecule has 0 radical (unpaired) electrons. The highest BCUT2D eigenvalue weighted by atomic mass is 16.7. The molecular weight excluding hydrogens is 895 g/mol. The average Bonchev–Trinajstić information content (AvgIpc) is 3.36. The predicted octanol–water partition coefficient (Wildman–Crippen LogP) is 8.66. The van der Waals surface area contributed by atoms with Crippen LogP contribution in [0.4, 0.5) is 0 Å². The Morgan fingerprint density at radius 1 is 0.500 bits per heavy atom. The molecule has 0 spiro atoms. The maximum absolute atomic E-state index is 13.2. The van der Waals surface area contributed by atoms with Gasteiger partial charge in [0.2, 0.25) is 5.91 Å². The summed E-state index contributed by atoms with van der Waals surface area (Å²) >= 11 is 0. The number of carbonyl (C=O) groups is 1. The zero-order valence-electron chi connectivity index (χ0n) is 43.8. The van der Waals surface area contributed by atoms with Crippen LogP contribution in [0.15, 0.2) is 36.5 Å². The van der Waals surface area contributed by atoms with E-state index in [0.29, 0.717) is 12.8 Å². The van der Waals surface area contributed by atoms with Crippen molar-refractivity contribution in [2.75, 3.05) is 19.8 Å². The summed E-state index contributed by atoms with van der Waals surface area (Å²) < 4.78 is 22.7. The van der Waals surface area contributed by atoms with Crippen molar-refractivity contribution in [3.05, 3.63) is 36.5 Å². The van der Waals surface area contributed by atoms with Crippen LogP contribution in [0.3, 0.4) is 0 Å². The van der Waals surface area contributed by atoms with E-state index in [2.05, 4.69) is 43.5 Å². The summed E-state index contributed by atoms with van der Waals surface area (Å²) in [5.41, 5.74) is 0. The van der Waals surface area contributed by atoms with Gasteiger partial charge in [-0.25, -0.2) is 0 Å². The Bertz CT molecular complexity index is 1320. The smallest absolute Gasteiger partial charge is 0.220 e. The summed E-state index contributed by atoms with van der Waals surface area (Å²) in [6.45, 7) is 2.76. The molecule has 9 N–H and O–H groups in total. The minimum absolute atomic E-state index is 0.251. The molecule has 0 saturated carbocycles. The molecule has 0 aromatic rings. The maximum Gasteiger partial charge on any atom is 0.220 e. The van der Waals surface area contributed by atoms with Gasteiger partial charge in [0.15, 0.2) is 12.6 Å². The molecule has 410 valence electrons. The van der Waals surface area contributed by atoms with Crippen molar-refractivity contribution >= 4 is 5.91 Å². The van der Waals surface area contributed by atoms with Crippen LogP contribution in [0.1, 0.15) is 219 Å². The van der Waals surface area contributed by atoms with Gasteiger partial charge in [0.1, 0.15) is 48.8 Å². The van der Waals surface area contributed by atoms with Gasteiger partial charge >= 0.3 is 0 Å². The molecule has 2 heterocycles. The van der Waals surface area contributed by atoms with Crippen molar-refractivity contribution in [1.82, 2.24) is 5.32 Å². The monoisotopic (exact) mass is 998 g/mol. The molecule has 2 aliphatic heterocycles. The van der Waals surface area contributed by atoms with E-state index in [9.17, 15) is 45.6 Å². The second-order valence-corrected chi connectivity index (χ2v) is 20.1. The highest BCUT2D eigenvalue weighted by Gasteiger charge is 2.51. The van der Waals surface area contributed by atoms with Gasteiger partial charge in [-0.05, 0) is 44.9 Å².